The number of methoxy groups -OCH3 is 1. The Hall–Kier alpha value is -2.93. The number of likely N-dealkylation sites (tertiary alicyclic amines) is 1. The van der Waals surface area contributed by atoms with Crippen molar-refractivity contribution in [3.8, 4) is 11.8 Å². The second-order valence-corrected chi connectivity index (χ2v) is 8.05. The molecule has 0 radical (unpaired) electrons. The highest BCUT2D eigenvalue weighted by atomic mass is 35.5. The van der Waals surface area contributed by atoms with Gasteiger partial charge in [-0.1, -0.05) is 11.6 Å². The smallest absolute Gasteiger partial charge is 0.163 e. The molecule has 0 spiro atoms. The van der Waals surface area contributed by atoms with E-state index >= 15 is 0 Å². The van der Waals surface area contributed by atoms with Crippen LogP contribution in [0.15, 0.2) is 12.4 Å². The van der Waals surface area contributed by atoms with Crippen molar-refractivity contribution < 1.29 is 9.84 Å². The van der Waals surface area contributed by atoms with Crippen LogP contribution in [0.2, 0.25) is 5.02 Å². The molecule has 1 saturated heterocycles. The topological polar surface area (TPSA) is 126 Å². The van der Waals surface area contributed by atoms with Crippen LogP contribution < -0.4 is 10.5 Å². The minimum Gasteiger partial charge on any atom is -0.496 e. The number of aliphatic hydroxyl groups excluding tert-OH is 1. The molecule has 0 aliphatic carbocycles. The summed E-state index contributed by atoms with van der Waals surface area (Å²) in [6, 6.07) is 4.04. The molecule has 3 heterocycles. The van der Waals surface area contributed by atoms with E-state index in [2.05, 4.69) is 26.0 Å². The van der Waals surface area contributed by atoms with Crippen LogP contribution >= 0.6 is 11.6 Å². The predicted molar refractivity (Wildman–Crippen MR) is 117 cm³/mol. The van der Waals surface area contributed by atoms with E-state index in [0.29, 0.717) is 47.3 Å². The molecule has 3 N–H and O–H groups in total. The second kappa shape index (κ2) is 8.67. The number of nitrogens with two attached hydrogens (primary N) is 1. The summed E-state index contributed by atoms with van der Waals surface area (Å²) < 4.78 is 7.58. The van der Waals surface area contributed by atoms with Crippen LogP contribution in [0.3, 0.4) is 0 Å². The number of ether oxygens (including phenoxy) is 1. The molecule has 0 saturated carbocycles. The number of anilines is 1. The number of hydrogen-bond acceptors (Lipinski definition) is 8. The quantitative estimate of drug-likeness (QED) is 0.569. The molecule has 1 aliphatic heterocycles. The Morgan fingerprint density at radius 1 is 1.35 bits per heavy atom. The number of aliphatic hydroxyl groups is 1. The van der Waals surface area contributed by atoms with Crippen molar-refractivity contribution in [3.63, 3.8) is 0 Å². The maximum atomic E-state index is 9.72. The van der Waals surface area contributed by atoms with E-state index < -0.39 is 0 Å². The number of benzene rings is 1. The lowest BCUT2D eigenvalue weighted by Crippen LogP contribution is -2.46. The van der Waals surface area contributed by atoms with Crippen LogP contribution in [0.1, 0.15) is 28.3 Å². The number of nitrogen functional groups attached to an aromatic ring is 1. The highest BCUT2D eigenvalue weighted by Gasteiger charge is 2.33. The van der Waals surface area contributed by atoms with Crippen molar-refractivity contribution in [1.29, 1.82) is 5.26 Å². The molecule has 1 aromatic carbocycles. The number of nitriles is 1. The van der Waals surface area contributed by atoms with Gasteiger partial charge in [-0.15, -0.1) is 0 Å². The van der Waals surface area contributed by atoms with Gasteiger partial charge in [-0.2, -0.15) is 10.4 Å². The average molecular weight is 442 g/mol. The zero-order chi connectivity index (χ0) is 22.1. The molecule has 1 fully saturated rings. The number of rotatable bonds is 7. The van der Waals surface area contributed by atoms with Gasteiger partial charge in [0.05, 0.1) is 35.4 Å². The van der Waals surface area contributed by atoms with Crippen molar-refractivity contribution in [1.82, 2.24) is 24.6 Å². The molecule has 162 valence electrons. The molecular formula is C21H24ClN7O2. The van der Waals surface area contributed by atoms with E-state index in [-0.39, 0.29) is 12.5 Å². The minimum absolute atomic E-state index is 0.112. The normalized spacial score (nSPS) is 14.5. The third kappa shape index (κ3) is 3.78. The van der Waals surface area contributed by atoms with Gasteiger partial charge in [0.2, 0.25) is 0 Å². The lowest BCUT2D eigenvalue weighted by Gasteiger charge is -2.40. The number of aryl methyl sites for hydroxylation is 3. The summed E-state index contributed by atoms with van der Waals surface area (Å²) in [5.41, 5.74) is 9.65. The fourth-order valence-electron chi connectivity index (χ4n) is 4.31. The molecule has 0 atom stereocenters. The maximum absolute atomic E-state index is 9.72. The number of fused-ring (bicyclic) bond motifs is 1. The first-order valence-electron chi connectivity index (χ1n) is 10.0. The number of hydrogen-bond donors (Lipinski definition) is 2. The summed E-state index contributed by atoms with van der Waals surface area (Å²) in [7, 11) is 1.61. The standard InChI is InChI=1S/C21H24ClN7O2/c1-12-17-20(24)25-11-26-21(17)29(27-12)4-3-13-7-16(22)15(8-23)18(19(13)31-2)14-9-28(10-14)5-6-30/h7,11,14,30H,3-6,9-10H2,1-2H3,(H2,24,25,26). The maximum Gasteiger partial charge on any atom is 0.163 e. The monoisotopic (exact) mass is 441 g/mol. The fraction of sp³-hybridized carbons (Fsp3) is 0.429. The van der Waals surface area contributed by atoms with E-state index in [0.717, 1.165) is 35.3 Å². The summed E-state index contributed by atoms with van der Waals surface area (Å²) in [6.07, 6.45) is 2.02. The Morgan fingerprint density at radius 3 is 2.81 bits per heavy atom. The summed E-state index contributed by atoms with van der Waals surface area (Å²) in [6.45, 7) is 4.66. The van der Waals surface area contributed by atoms with Crippen LogP contribution in [0, 0.1) is 18.3 Å². The average Bonchev–Trinajstić information content (AvgIpc) is 3.05. The van der Waals surface area contributed by atoms with Gasteiger partial charge in [-0.05, 0) is 25.0 Å². The molecule has 31 heavy (non-hydrogen) atoms. The Labute approximate surface area is 185 Å². The van der Waals surface area contributed by atoms with Crippen LogP contribution in [0.25, 0.3) is 11.0 Å². The first-order valence-corrected chi connectivity index (χ1v) is 10.4. The lowest BCUT2D eigenvalue weighted by molar-refractivity contribution is 0.114. The number of β-amino-alcohol motifs (C(OH)–C–C–N with tert-alkyl or cyclic N) is 1. The van der Waals surface area contributed by atoms with Gasteiger partial charge >= 0.3 is 0 Å². The van der Waals surface area contributed by atoms with E-state index in [1.54, 1.807) is 17.9 Å². The molecule has 3 aromatic rings. The molecule has 10 heteroatoms. The predicted octanol–water partition coefficient (Wildman–Crippen LogP) is 1.88. The Morgan fingerprint density at radius 2 is 2.13 bits per heavy atom. The van der Waals surface area contributed by atoms with Gasteiger partial charge in [0.1, 0.15) is 24.0 Å². The zero-order valence-corrected chi connectivity index (χ0v) is 18.2. The van der Waals surface area contributed by atoms with Gasteiger partial charge in [0.25, 0.3) is 0 Å². The third-order valence-corrected chi connectivity index (χ3v) is 6.07. The van der Waals surface area contributed by atoms with Gasteiger partial charge in [0, 0.05) is 37.7 Å². The molecular weight excluding hydrogens is 418 g/mol. The van der Waals surface area contributed by atoms with Gasteiger partial charge in [-0.25, -0.2) is 14.6 Å². The van der Waals surface area contributed by atoms with Crippen LogP contribution in [0.4, 0.5) is 5.82 Å². The van der Waals surface area contributed by atoms with Gasteiger partial charge in [-0.3, -0.25) is 4.90 Å². The fourth-order valence-corrected chi connectivity index (χ4v) is 4.58. The SMILES string of the molecule is COc1c(CCn2nc(C)c3c(N)ncnc32)cc(Cl)c(C#N)c1C1CN(CCO)C1. The molecule has 1 aliphatic rings. The number of aromatic nitrogens is 4. The summed E-state index contributed by atoms with van der Waals surface area (Å²) >= 11 is 6.50. The minimum atomic E-state index is 0.112. The molecule has 9 nitrogen and oxygen atoms in total. The second-order valence-electron chi connectivity index (χ2n) is 7.65. The molecule has 4 rings (SSSR count). The first kappa shape index (κ1) is 21.3. The first-order chi connectivity index (χ1) is 15.0. The van der Waals surface area contributed by atoms with Crippen molar-refractivity contribution in [2.24, 2.45) is 0 Å². The Bertz CT molecular complexity index is 1160. The Kier molecular flexibility index (Phi) is 5.96. The summed E-state index contributed by atoms with van der Waals surface area (Å²) in [5, 5.41) is 24.6. The van der Waals surface area contributed by atoms with E-state index in [9.17, 15) is 5.26 Å². The van der Waals surface area contributed by atoms with E-state index in [4.69, 9.17) is 27.2 Å². The lowest BCUT2D eigenvalue weighted by atomic mass is 9.85. The Balaban J connectivity index is 1.67. The summed E-state index contributed by atoms with van der Waals surface area (Å²) in [5.74, 6) is 1.23. The van der Waals surface area contributed by atoms with Crippen LogP contribution in [0.5, 0.6) is 5.75 Å². The molecule has 0 amide bonds. The van der Waals surface area contributed by atoms with E-state index in [1.165, 1.54) is 6.33 Å². The van der Waals surface area contributed by atoms with Crippen LogP contribution in [-0.4, -0.2) is 63.1 Å². The number of halogens is 1. The van der Waals surface area contributed by atoms with Crippen molar-refractivity contribution in [2.45, 2.75) is 25.8 Å². The van der Waals surface area contributed by atoms with Crippen molar-refractivity contribution in [3.05, 3.63) is 39.8 Å². The largest absolute Gasteiger partial charge is 0.496 e. The van der Waals surface area contributed by atoms with Crippen molar-refractivity contribution in [2.75, 3.05) is 39.1 Å². The zero-order valence-electron chi connectivity index (χ0n) is 17.5. The number of nitrogens with zero attached hydrogens (tertiary/aromatic N) is 6. The highest BCUT2D eigenvalue weighted by molar-refractivity contribution is 6.32. The molecule has 0 unspecified atom stereocenters. The van der Waals surface area contributed by atoms with Gasteiger partial charge < -0.3 is 15.6 Å². The van der Waals surface area contributed by atoms with E-state index in [1.807, 2.05) is 6.92 Å². The molecule has 2 aromatic heterocycles. The highest BCUT2D eigenvalue weighted by Crippen LogP contribution is 2.41. The van der Waals surface area contributed by atoms with Crippen LogP contribution in [-0.2, 0) is 13.0 Å². The third-order valence-electron chi connectivity index (χ3n) is 5.77. The molecule has 0 bridgehead atoms. The summed E-state index contributed by atoms with van der Waals surface area (Å²) in [4.78, 5) is 10.5. The van der Waals surface area contributed by atoms with Gasteiger partial charge in [0.15, 0.2) is 5.65 Å². The van der Waals surface area contributed by atoms with Crippen molar-refractivity contribution >= 4 is 28.5 Å².